The van der Waals surface area contributed by atoms with Gasteiger partial charge in [-0.3, -0.25) is 4.79 Å². The van der Waals surface area contributed by atoms with Gasteiger partial charge in [0.1, 0.15) is 0 Å². The van der Waals surface area contributed by atoms with Crippen LogP contribution in [0.2, 0.25) is 0 Å². The van der Waals surface area contributed by atoms with Gasteiger partial charge in [0.2, 0.25) is 5.91 Å². The Hall–Kier alpha value is -0.870. The summed E-state index contributed by atoms with van der Waals surface area (Å²) in [5, 5.41) is 11.1. The molecule has 1 fully saturated rings. The van der Waals surface area contributed by atoms with Crippen LogP contribution in [0.4, 0.5) is 0 Å². The Bertz CT molecular complexity index is 310. The molecule has 4 heteroatoms. The first-order valence-corrected chi connectivity index (χ1v) is 5.62. The summed E-state index contributed by atoms with van der Waals surface area (Å²) in [5.74, 6) is 0.164. The fourth-order valence-corrected chi connectivity index (χ4v) is 2.47. The van der Waals surface area contributed by atoms with E-state index >= 15 is 0 Å². The van der Waals surface area contributed by atoms with Gasteiger partial charge < -0.3 is 10.0 Å². The van der Waals surface area contributed by atoms with Crippen molar-refractivity contribution in [3.63, 3.8) is 0 Å². The van der Waals surface area contributed by atoms with Crippen LogP contribution in [0.25, 0.3) is 0 Å². The number of nitrogens with zero attached hydrogens (tertiary/aromatic N) is 1. The molecule has 1 atom stereocenters. The van der Waals surface area contributed by atoms with Crippen molar-refractivity contribution in [3.05, 3.63) is 22.4 Å². The molecule has 0 radical (unpaired) electrons. The number of carbonyl (C=O) groups is 1. The van der Waals surface area contributed by atoms with Gasteiger partial charge in [-0.05, 0) is 17.9 Å². The maximum absolute atomic E-state index is 11.5. The van der Waals surface area contributed by atoms with Crippen LogP contribution in [0.15, 0.2) is 17.5 Å². The summed E-state index contributed by atoms with van der Waals surface area (Å²) in [6.07, 6.45) is 1.37. The molecule has 0 bridgehead atoms. The molecule has 76 valence electrons. The van der Waals surface area contributed by atoms with E-state index in [0.717, 1.165) is 6.42 Å². The monoisotopic (exact) mass is 211 g/mol. The van der Waals surface area contributed by atoms with E-state index < -0.39 is 0 Å². The predicted octanol–water partition coefficient (Wildman–Crippen LogP) is 1.23. The van der Waals surface area contributed by atoms with E-state index in [9.17, 15) is 4.79 Å². The van der Waals surface area contributed by atoms with Crippen molar-refractivity contribution in [1.29, 1.82) is 0 Å². The minimum atomic E-state index is 0.0320. The first-order chi connectivity index (χ1) is 6.81. The highest BCUT2D eigenvalue weighted by Gasteiger charge is 2.30. The topological polar surface area (TPSA) is 40.5 Å². The third-order valence-electron chi connectivity index (χ3n) is 2.57. The van der Waals surface area contributed by atoms with Crippen LogP contribution in [0, 0.1) is 0 Å². The lowest BCUT2D eigenvalue weighted by Crippen LogP contribution is -2.34. The second-order valence-electron chi connectivity index (χ2n) is 3.48. The van der Waals surface area contributed by atoms with Crippen molar-refractivity contribution in [2.24, 2.45) is 0 Å². The number of rotatable bonds is 3. The lowest BCUT2D eigenvalue weighted by molar-refractivity contribution is -0.130. The highest BCUT2D eigenvalue weighted by molar-refractivity contribution is 7.09. The second kappa shape index (κ2) is 4.11. The largest absolute Gasteiger partial charge is 0.394 e. The SMILES string of the molecule is O=C1CCC(CO)N1Cc1cccs1. The number of aliphatic hydroxyl groups excluding tert-OH is 1. The molecule has 0 aromatic carbocycles. The zero-order valence-corrected chi connectivity index (χ0v) is 8.67. The third kappa shape index (κ3) is 1.81. The van der Waals surface area contributed by atoms with Gasteiger partial charge in [0.25, 0.3) is 0 Å². The Labute approximate surface area is 87.0 Å². The van der Waals surface area contributed by atoms with Gasteiger partial charge in [0.15, 0.2) is 0 Å². The van der Waals surface area contributed by atoms with Gasteiger partial charge >= 0.3 is 0 Å². The standard InChI is InChI=1S/C10H13NO2S/c12-7-8-3-4-10(13)11(8)6-9-2-1-5-14-9/h1-2,5,8,12H,3-4,6-7H2. The van der Waals surface area contributed by atoms with Gasteiger partial charge in [0.05, 0.1) is 19.2 Å². The van der Waals surface area contributed by atoms with E-state index in [1.54, 1.807) is 16.2 Å². The quantitative estimate of drug-likeness (QED) is 0.817. The fraction of sp³-hybridized carbons (Fsp3) is 0.500. The Kier molecular flexibility index (Phi) is 2.84. The molecule has 1 amide bonds. The number of aliphatic hydroxyl groups is 1. The lowest BCUT2D eigenvalue weighted by atomic mass is 10.2. The number of carbonyl (C=O) groups excluding carboxylic acids is 1. The summed E-state index contributed by atoms with van der Waals surface area (Å²) in [4.78, 5) is 14.5. The molecular formula is C10H13NO2S. The number of amides is 1. The van der Waals surface area contributed by atoms with Crippen LogP contribution in [0.1, 0.15) is 17.7 Å². The van der Waals surface area contributed by atoms with Gasteiger partial charge in [0, 0.05) is 11.3 Å². The number of hydrogen-bond donors (Lipinski definition) is 1. The van der Waals surface area contributed by atoms with Crippen molar-refractivity contribution in [3.8, 4) is 0 Å². The average molecular weight is 211 g/mol. The molecule has 1 saturated heterocycles. The third-order valence-corrected chi connectivity index (χ3v) is 3.43. The molecule has 0 spiro atoms. The van der Waals surface area contributed by atoms with Crippen LogP contribution in [-0.2, 0) is 11.3 Å². The van der Waals surface area contributed by atoms with Crippen molar-refractivity contribution in [2.75, 3.05) is 6.61 Å². The summed E-state index contributed by atoms with van der Waals surface area (Å²) >= 11 is 1.65. The van der Waals surface area contributed by atoms with Crippen molar-refractivity contribution < 1.29 is 9.90 Å². The van der Waals surface area contributed by atoms with E-state index in [1.165, 1.54) is 4.88 Å². The smallest absolute Gasteiger partial charge is 0.223 e. The van der Waals surface area contributed by atoms with E-state index in [4.69, 9.17) is 5.11 Å². The van der Waals surface area contributed by atoms with E-state index in [-0.39, 0.29) is 18.6 Å². The molecule has 0 aliphatic carbocycles. The van der Waals surface area contributed by atoms with Gasteiger partial charge in [-0.2, -0.15) is 0 Å². The fourth-order valence-electron chi connectivity index (χ4n) is 1.77. The van der Waals surface area contributed by atoms with Crippen LogP contribution >= 0.6 is 11.3 Å². The van der Waals surface area contributed by atoms with E-state index in [0.29, 0.717) is 13.0 Å². The minimum absolute atomic E-state index is 0.0320. The molecule has 1 aromatic rings. The first kappa shape index (κ1) is 9.68. The molecule has 1 unspecified atom stereocenters. The van der Waals surface area contributed by atoms with Gasteiger partial charge in [-0.25, -0.2) is 0 Å². The number of hydrogen-bond acceptors (Lipinski definition) is 3. The Morgan fingerprint density at radius 2 is 2.50 bits per heavy atom. The van der Waals surface area contributed by atoms with E-state index in [2.05, 4.69) is 0 Å². The van der Waals surface area contributed by atoms with Crippen molar-refractivity contribution >= 4 is 17.2 Å². The molecule has 14 heavy (non-hydrogen) atoms. The normalized spacial score (nSPS) is 21.9. The highest BCUT2D eigenvalue weighted by Crippen LogP contribution is 2.22. The summed E-state index contributed by atoms with van der Waals surface area (Å²) in [6, 6.07) is 4.03. The lowest BCUT2D eigenvalue weighted by Gasteiger charge is -2.22. The summed E-state index contributed by atoms with van der Waals surface area (Å²) < 4.78 is 0. The maximum atomic E-state index is 11.5. The van der Waals surface area contributed by atoms with E-state index in [1.807, 2.05) is 17.5 Å². The molecular weight excluding hydrogens is 198 g/mol. The molecule has 3 nitrogen and oxygen atoms in total. The second-order valence-corrected chi connectivity index (χ2v) is 4.51. The van der Waals surface area contributed by atoms with Gasteiger partial charge in [-0.1, -0.05) is 6.07 Å². The number of thiophene rings is 1. The van der Waals surface area contributed by atoms with Crippen LogP contribution in [0.5, 0.6) is 0 Å². The van der Waals surface area contributed by atoms with Crippen LogP contribution in [0.3, 0.4) is 0 Å². The van der Waals surface area contributed by atoms with Gasteiger partial charge in [-0.15, -0.1) is 11.3 Å². The average Bonchev–Trinajstić information content (AvgIpc) is 2.79. The summed E-state index contributed by atoms with van der Waals surface area (Å²) in [7, 11) is 0. The minimum Gasteiger partial charge on any atom is -0.394 e. The molecule has 1 aliphatic heterocycles. The molecule has 1 aliphatic rings. The molecule has 2 heterocycles. The zero-order valence-electron chi connectivity index (χ0n) is 7.85. The predicted molar refractivity (Wildman–Crippen MR) is 55.0 cm³/mol. The molecule has 1 aromatic heterocycles. The number of likely N-dealkylation sites (tertiary alicyclic amines) is 1. The molecule has 1 N–H and O–H groups in total. The summed E-state index contributed by atoms with van der Waals surface area (Å²) in [5.41, 5.74) is 0. The Morgan fingerprint density at radius 1 is 1.64 bits per heavy atom. The van der Waals surface area contributed by atoms with Crippen molar-refractivity contribution in [1.82, 2.24) is 4.90 Å². The van der Waals surface area contributed by atoms with Crippen molar-refractivity contribution in [2.45, 2.75) is 25.4 Å². The Morgan fingerprint density at radius 3 is 3.14 bits per heavy atom. The highest BCUT2D eigenvalue weighted by atomic mass is 32.1. The van der Waals surface area contributed by atoms with Crippen LogP contribution in [-0.4, -0.2) is 28.6 Å². The van der Waals surface area contributed by atoms with Crippen LogP contribution < -0.4 is 0 Å². The zero-order chi connectivity index (χ0) is 9.97. The molecule has 0 saturated carbocycles. The Balaban J connectivity index is 2.05. The summed E-state index contributed by atoms with van der Waals surface area (Å²) in [6.45, 7) is 0.735. The first-order valence-electron chi connectivity index (χ1n) is 4.74. The molecule has 2 rings (SSSR count). The maximum Gasteiger partial charge on any atom is 0.223 e.